The van der Waals surface area contributed by atoms with Crippen LogP contribution in [0.25, 0.3) is 5.69 Å². The molecule has 0 radical (unpaired) electrons. The lowest BCUT2D eigenvalue weighted by molar-refractivity contribution is 0.0479. The summed E-state index contributed by atoms with van der Waals surface area (Å²) in [6, 6.07) is 8.77. The lowest BCUT2D eigenvalue weighted by atomic mass is 9.91. The van der Waals surface area contributed by atoms with Crippen molar-refractivity contribution in [3.05, 3.63) is 81.9 Å². The second-order valence-corrected chi connectivity index (χ2v) is 8.71. The van der Waals surface area contributed by atoms with E-state index in [2.05, 4.69) is 5.10 Å². The van der Waals surface area contributed by atoms with E-state index in [4.69, 9.17) is 0 Å². The van der Waals surface area contributed by atoms with Gasteiger partial charge in [-0.1, -0.05) is 6.07 Å². The molecule has 31 heavy (non-hydrogen) atoms. The summed E-state index contributed by atoms with van der Waals surface area (Å²) in [5.74, 6) is -0.299. The summed E-state index contributed by atoms with van der Waals surface area (Å²) in [4.78, 5) is 15.0. The van der Waals surface area contributed by atoms with Gasteiger partial charge < -0.3 is 10.0 Å². The molecule has 0 spiro atoms. The Balaban J connectivity index is 1.45. The molecule has 2 atom stereocenters. The van der Waals surface area contributed by atoms with Crippen molar-refractivity contribution in [2.45, 2.75) is 58.2 Å². The highest BCUT2D eigenvalue weighted by molar-refractivity contribution is 5.99. The van der Waals surface area contributed by atoms with E-state index in [0.29, 0.717) is 29.8 Å². The summed E-state index contributed by atoms with van der Waals surface area (Å²) in [5, 5.41) is 14.4. The molecular weight excluding hydrogens is 393 g/mol. The highest BCUT2D eigenvalue weighted by atomic mass is 19.1. The molecule has 160 valence electrons. The number of hydrogen-bond donors (Lipinski definition) is 1. The fraction of sp³-hybridized carbons (Fsp3) is 0.360. The number of benzene rings is 2. The Kier molecular flexibility index (Phi) is 4.89. The molecule has 6 heteroatoms. The Morgan fingerprint density at radius 2 is 2.00 bits per heavy atom. The van der Waals surface area contributed by atoms with Gasteiger partial charge >= 0.3 is 0 Å². The molecule has 1 aromatic heterocycles. The molecule has 1 saturated carbocycles. The van der Waals surface area contributed by atoms with Crippen LogP contribution in [0.15, 0.2) is 42.7 Å². The van der Waals surface area contributed by atoms with Crippen LogP contribution in [0.1, 0.15) is 57.4 Å². The van der Waals surface area contributed by atoms with E-state index >= 15 is 0 Å². The summed E-state index contributed by atoms with van der Waals surface area (Å²) in [6.45, 7) is 4.63. The average molecular weight is 420 g/mol. The maximum absolute atomic E-state index is 14.9. The van der Waals surface area contributed by atoms with Crippen LogP contribution in [0.4, 0.5) is 4.39 Å². The molecule has 2 aliphatic rings. The topological polar surface area (TPSA) is 58.4 Å². The third-order valence-corrected chi connectivity index (χ3v) is 6.99. The van der Waals surface area contributed by atoms with Crippen molar-refractivity contribution in [2.24, 2.45) is 0 Å². The fourth-order valence-corrected chi connectivity index (χ4v) is 5.01. The summed E-state index contributed by atoms with van der Waals surface area (Å²) >= 11 is 0. The predicted molar refractivity (Wildman–Crippen MR) is 116 cm³/mol. The minimum atomic E-state index is -0.443. The maximum atomic E-state index is 14.9. The molecule has 2 heterocycles. The normalized spacial score (nSPS) is 20.5. The second-order valence-electron chi connectivity index (χ2n) is 8.71. The van der Waals surface area contributed by atoms with Gasteiger partial charge in [0.05, 0.1) is 17.8 Å². The Hall–Kier alpha value is -2.99. The first kappa shape index (κ1) is 19.9. The third-order valence-electron chi connectivity index (χ3n) is 6.99. The molecule has 1 aliphatic heterocycles. The van der Waals surface area contributed by atoms with E-state index in [0.717, 1.165) is 41.5 Å². The molecule has 1 aliphatic carbocycles. The summed E-state index contributed by atoms with van der Waals surface area (Å²) < 4.78 is 16.5. The zero-order valence-electron chi connectivity index (χ0n) is 17.8. The Morgan fingerprint density at radius 1 is 1.16 bits per heavy atom. The van der Waals surface area contributed by atoms with Crippen LogP contribution >= 0.6 is 0 Å². The van der Waals surface area contributed by atoms with Crippen LogP contribution in [-0.4, -0.2) is 37.8 Å². The van der Waals surface area contributed by atoms with Crippen molar-refractivity contribution in [3.63, 3.8) is 0 Å². The number of carbonyl (C=O) groups excluding carboxylic acids is 1. The van der Waals surface area contributed by atoms with Crippen molar-refractivity contribution in [1.29, 1.82) is 0 Å². The monoisotopic (exact) mass is 419 g/mol. The van der Waals surface area contributed by atoms with E-state index < -0.39 is 6.10 Å². The van der Waals surface area contributed by atoms with Gasteiger partial charge in [0.1, 0.15) is 5.82 Å². The van der Waals surface area contributed by atoms with Gasteiger partial charge in [0.2, 0.25) is 0 Å². The van der Waals surface area contributed by atoms with E-state index in [1.165, 1.54) is 6.07 Å². The van der Waals surface area contributed by atoms with Crippen LogP contribution in [0.3, 0.4) is 0 Å². The molecule has 1 amide bonds. The lowest BCUT2D eigenvalue weighted by Gasteiger charge is -2.26. The van der Waals surface area contributed by atoms with Crippen LogP contribution in [0.2, 0.25) is 0 Å². The van der Waals surface area contributed by atoms with E-state index in [1.54, 1.807) is 29.2 Å². The van der Waals surface area contributed by atoms with E-state index in [1.807, 2.05) is 30.9 Å². The fourth-order valence-electron chi connectivity index (χ4n) is 5.01. The number of amides is 1. The second kappa shape index (κ2) is 7.61. The van der Waals surface area contributed by atoms with Gasteiger partial charge in [-0.15, -0.1) is 0 Å². The standard InChI is InChI=1S/C25H26FN3O2/c1-15-16(2)21-14-28(23-5-3-6-24(23)30)25(31)20(21)12-18(15)11-17-7-8-19(13-22(17)26)29-10-4-9-27-29/h4,7-10,12-13,23-24,30H,3,5-6,11,14H2,1-2H3/t23-,24-/m0/s1. The summed E-state index contributed by atoms with van der Waals surface area (Å²) in [6.07, 6.45) is 5.96. The van der Waals surface area contributed by atoms with E-state index in [-0.39, 0.29) is 17.8 Å². The van der Waals surface area contributed by atoms with Crippen LogP contribution < -0.4 is 0 Å². The van der Waals surface area contributed by atoms with Gasteiger partial charge in [-0.25, -0.2) is 9.07 Å². The molecule has 2 aromatic carbocycles. The van der Waals surface area contributed by atoms with Crippen LogP contribution in [0.5, 0.6) is 0 Å². The molecule has 3 aromatic rings. The van der Waals surface area contributed by atoms with Gasteiger partial charge in [-0.3, -0.25) is 4.79 Å². The predicted octanol–water partition coefficient (Wildman–Crippen LogP) is 4.09. The summed E-state index contributed by atoms with van der Waals surface area (Å²) in [7, 11) is 0. The number of halogens is 1. The minimum Gasteiger partial charge on any atom is -0.391 e. The Labute approximate surface area is 181 Å². The first-order chi connectivity index (χ1) is 14.9. The van der Waals surface area contributed by atoms with Crippen molar-refractivity contribution < 1.29 is 14.3 Å². The van der Waals surface area contributed by atoms with E-state index in [9.17, 15) is 14.3 Å². The largest absolute Gasteiger partial charge is 0.391 e. The van der Waals surface area contributed by atoms with Crippen LogP contribution in [-0.2, 0) is 13.0 Å². The SMILES string of the molecule is Cc1c(Cc2ccc(-n3cccn3)cc2F)cc2c(c1C)CN([C@H]1CCC[C@@H]1O)C2=O. The Morgan fingerprint density at radius 3 is 2.68 bits per heavy atom. The maximum Gasteiger partial charge on any atom is 0.254 e. The zero-order valence-corrected chi connectivity index (χ0v) is 17.8. The molecular formula is C25H26FN3O2. The lowest BCUT2D eigenvalue weighted by Crippen LogP contribution is -2.40. The number of aromatic nitrogens is 2. The number of rotatable bonds is 4. The number of nitrogens with zero attached hydrogens (tertiary/aromatic N) is 3. The molecule has 0 bridgehead atoms. The smallest absolute Gasteiger partial charge is 0.254 e. The molecule has 5 rings (SSSR count). The number of aliphatic hydroxyl groups excluding tert-OH is 1. The highest BCUT2D eigenvalue weighted by Crippen LogP contribution is 2.36. The number of hydrogen-bond acceptors (Lipinski definition) is 3. The van der Waals surface area contributed by atoms with Crippen molar-refractivity contribution >= 4 is 5.91 Å². The Bertz CT molecular complexity index is 1160. The van der Waals surface area contributed by atoms with Gasteiger partial charge in [-0.05, 0) is 85.2 Å². The molecule has 1 fully saturated rings. The number of fused-ring (bicyclic) bond motifs is 1. The number of aliphatic hydroxyl groups is 1. The van der Waals surface area contributed by atoms with Gasteiger partial charge in [0, 0.05) is 30.9 Å². The number of carbonyl (C=O) groups is 1. The van der Waals surface area contributed by atoms with Gasteiger partial charge in [0.25, 0.3) is 5.91 Å². The average Bonchev–Trinajstić information content (AvgIpc) is 3.49. The quantitative estimate of drug-likeness (QED) is 0.693. The zero-order chi connectivity index (χ0) is 21.7. The summed E-state index contributed by atoms with van der Waals surface area (Å²) in [5.41, 5.74) is 6.15. The third kappa shape index (κ3) is 3.35. The molecule has 0 saturated heterocycles. The molecule has 0 unspecified atom stereocenters. The first-order valence-corrected chi connectivity index (χ1v) is 10.8. The van der Waals surface area contributed by atoms with Crippen LogP contribution in [0, 0.1) is 19.7 Å². The van der Waals surface area contributed by atoms with Gasteiger partial charge in [-0.2, -0.15) is 5.10 Å². The van der Waals surface area contributed by atoms with Crippen molar-refractivity contribution in [1.82, 2.24) is 14.7 Å². The minimum absolute atomic E-state index is 0.0141. The molecule has 5 nitrogen and oxygen atoms in total. The van der Waals surface area contributed by atoms with Crippen molar-refractivity contribution in [2.75, 3.05) is 0 Å². The van der Waals surface area contributed by atoms with Crippen molar-refractivity contribution in [3.8, 4) is 5.69 Å². The van der Waals surface area contributed by atoms with Gasteiger partial charge in [0.15, 0.2) is 0 Å². The highest BCUT2D eigenvalue weighted by Gasteiger charge is 2.39. The first-order valence-electron chi connectivity index (χ1n) is 10.8. The molecule has 1 N–H and O–H groups in total.